The third-order valence-electron chi connectivity index (χ3n) is 2.40. The molecular formula is C13H25FNOPS2. The van der Waals surface area contributed by atoms with Crippen molar-refractivity contribution in [2.24, 2.45) is 0 Å². The Balaban J connectivity index is 0.000000982. The quantitative estimate of drug-likeness (QED) is 0.297. The molecule has 0 amide bonds. The third kappa shape index (κ3) is 7.03. The number of allylic oxidation sites excluding steroid dienone is 1. The molecule has 0 aliphatic carbocycles. The molecule has 1 N–H and O–H groups in total. The average Bonchev–Trinajstić information content (AvgIpc) is 2.37. The first-order valence-electron chi connectivity index (χ1n) is 6.58. The maximum Gasteiger partial charge on any atom is 0.194 e. The highest BCUT2D eigenvalue weighted by molar-refractivity contribution is 8.01. The molecule has 6 heteroatoms. The van der Waals surface area contributed by atoms with Crippen LogP contribution >= 0.6 is 34.7 Å². The Morgan fingerprint density at radius 1 is 1.42 bits per heavy atom. The molecule has 2 nitrogen and oxygen atoms in total. The normalized spacial score (nSPS) is 18.8. The number of hydrogen-bond donors (Lipinski definition) is 3. The van der Waals surface area contributed by atoms with E-state index in [-0.39, 0.29) is 0 Å². The second-order valence-electron chi connectivity index (χ2n) is 4.42. The predicted molar refractivity (Wildman–Crippen MR) is 91.2 cm³/mol. The molecule has 2 atom stereocenters. The smallest absolute Gasteiger partial charge is 0.194 e. The molecule has 0 radical (unpaired) electrons. The monoisotopic (exact) mass is 325 g/mol. The number of unbranched alkanes of at least 4 members (excludes halogenated alkanes) is 1. The van der Waals surface area contributed by atoms with Crippen LogP contribution in [0.2, 0.25) is 0 Å². The Morgan fingerprint density at radius 3 is 2.42 bits per heavy atom. The minimum atomic E-state index is -0.741. The molecule has 0 spiro atoms. The first-order valence-corrected chi connectivity index (χ1v) is 7.94. The van der Waals surface area contributed by atoms with Crippen molar-refractivity contribution in [1.82, 2.24) is 5.32 Å². The van der Waals surface area contributed by atoms with Crippen molar-refractivity contribution in [3.8, 4) is 0 Å². The second kappa shape index (κ2) is 10.1. The van der Waals surface area contributed by atoms with Gasteiger partial charge >= 0.3 is 0 Å². The van der Waals surface area contributed by atoms with Crippen LogP contribution < -0.4 is 5.32 Å². The van der Waals surface area contributed by atoms with Gasteiger partial charge in [0.15, 0.2) is 12.2 Å². The Bertz CT molecular complexity index is 322. The minimum Gasteiger partial charge on any atom is -0.339 e. The maximum absolute atomic E-state index is 13.7. The van der Waals surface area contributed by atoms with Crippen molar-refractivity contribution >= 4 is 34.7 Å². The van der Waals surface area contributed by atoms with E-state index in [4.69, 9.17) is 4.52 Å². The van der Waals surface area contributed by atoms with Gasteiger partial charge in [0, 0.05) is 15.0 Å². The van der Waals surface area contributed by atoms with Crippen LogP contribution in [0.4, 0.5) is 4.39 Å². The topological polar surface area (TPSA) is 21.3 Å². The largest absolute Gasteiger partial charge is 0.339 e. The van der Waals surface area contributed by atoms with E-state index in [1.165, 1.54) is 6.42 Å². The molecule has 0 aromatic rings. The summed E-state index contributed by atoms with van der Waals surface area (Å²) in [5.41, 5.74) is 0.464. The predicted octanol–water partition coefficient (Wildman–Crippen LogP) is 4.62. The van der Waals surface area contributed by atoms with Gasteiger partial charge in [-0.3, -0.25) is 0 Å². The summed E-state index contributed by atoms with van der Waals surface area (Å²) >= 11 is 8.82. The molecule has 2 unspecified atom stereocenters. The molecule has 0 fully saturated rings. The van der Waals surface area contributed by atoms with Crippen molar-refractivity contribution in [3.63, 3.8) is 0 Å². The fraction of sp³-hybridized carbons (Fsp3) is 0.692. The SMILES string of the molecule is CCC.CCCCC(S)(S)C1=C(F)NC(OP)C=C1. The lowest BCUT2D eigenvalue weighted by molar-refractivity contribution is 0.242. The van der Waals surface area contributed by atoms with Crippen LogP contribution in [0.15, 0.2) is 23.7 Å². The van der Waals surface area contributed by atoms with Crippen LogP contribution in [0.5, 0.6) is 0 Å². The molecular weight excluding hydrogens is 300 g/mol. The maximum atomic E-state index is 13.7. The summed E-state index contributed by atoms with van der Waals surface area (Å²) in [4.78, 5) is 0. The van der Waals surface area contributed by atoms with E-state index in [9.17, 15) is 4.39 Å². The van der Waals surface area contributed by atoms with Crippen LogP contribution in [-0.2, 0) is 4.52 Å². The number of nitrogens with one attached hydrogen (secondary N) is 1. The molecule has 1 heterocycles. The Morgan fingerprint density at radius 2 is 2.00 bits per heavy atom. The molecule has 1 rings (SSSR count). The average molecular weight is 325 g/mol. The van der Waals surface area contributed by atoms with Gasteiger partial charge in [0.2, 0.25) is 0 Å². The van der Waals surface area contributed by atoms with Gasteiger partial charge in [0.05, 0.1) is 4.08 Å². The zero-order valence-corrected chi connectivity index (χ0v) is 14.8. The van der Waals surface area contributed by atoms with Crippen LogP contribution in [0.1, 0.15) is 46.5 Å². The molecule has 1 aliphatic rings. The molecule has 0 aromatic carbocycles. The third-order valence-corrected chi connectivity index (χ3v) is 3.62. The molecule has 0 saturated heterocycles. The molecule has 19 heavy (non-hydrogen) atoms. The Labute approximate surface area is 129 Å². The van der Waals surface area contributed by atoms with Crippen molar-refractivity contribution in [2.45, 2.75) is 56.8 Å². The number of rotatable bonds is 5. The fourth-order valence-electron chi connectivity index (χ4n) is 1.45. The standard InChI is InChI=1S/C10H17FNOPS2.C3H8/c1-2-3-6-10(15,16)7-4-5-8(13-14)12-9(7)11;1-3-2/h4-5,8,12,15-16H,2-3,6,14H2,1H3;3H2,1-2H3. The minimum absolute atomic E-state index is 0.420. The van der Waals surface area contributed by atoms with Gasteiger partial charge in [-0.15, -0.1) is 0 Å². The van der Waals surface area contributed by atoms with E-state index < -0.39 is 16.3 Å². The zero-order valence-electron chi connectivity index (χ0n) is 11.8. The van der Waals surface area contributed by atoms with E-state index in [1.807, 2.05) is 0 Å². The van der Waals surface area contributed by atoms with Crippen molar-refractivity contribution in [2.75, 3.05) is 0 Å². The van der Waals surface area contributed by atoms with Gasteiger partial charge in [-0.05, 0) is 12.5 Å². The first-order chi connectivity index (χ1) is 8.92. The van der Waals surface area contributed by atoms with Crippen LogP contribution in [0.25, 0.3) is 0 Å². The summed E-state index contributed by atoms with van der Waals surface area (Å²) in [6, 6.07) is 0. The lowest BCUT2D eigenvalue weighted by Gasteiger charge is -2.28. The summed E-state index contributed by atoms with van der Waals surface area (Å²) in [6.07, 6.45) is 6.93. The zero-order chi connectivity index (χ0) is 14.9. The van der Waals surface area contributed by atoms with Gasteiger partial charge in [0.1, 0.15) is 0 Å². The van der Waals surface area contributed by atoms with Gasteiger partial charge in [-0.1, -0.05) is 46.1 Å². The molecule has 0 saturated carbocycles. The van der Waals surface area contributed by atoms with E-state index in [0.717, 1.165) is 19.3 Å². The highest BCUT2D eigenvalue weighted by Gasteiger charge is 2.29. The van der Waals surface area contributed by atoms with Crippen LogP contribution in [-0.4, -0.2) is 10.3 Å². The van der Waals surface area contributed by atoms with Crippen molar-refractivity contribution in [3.05, 3.63) is 23.7 Å². The van der Waals surface area contributed by atoms with Crippen molar-refractivity contribution in [1.29, 1.82) is 0 Å². The van der Waals surface area contributed by atoms with Gasteiger partial charge in [-0.25, -0.2) is 0 Å². The van der Waals surface area contributed by atoms with E-state index in [1.54, 1.807) is 12.2 Å². The highest BCUT2D eigenvalue weighted by Crippen LogP contribution is 2.38. The lowest BCUT2D eigenvalue weighted by Crippen LogP contribution is -2.32. The Kier molecular flexibility index (Phi) is 10.2. The van der Waals surface area contributed by atoms with Gasteiger partial charge in [-0.2, -0.15) is 29.6 Å². The van der Waals surface area contributed by atoms with Crippen LogP contribution in [0, 0.1) is 0 Å². The summed E-state index contributed by atoms with van der Waals surface area (Å²) in [6.45, 7) is 6.33. The summed E-state index contributed by atoms with van der Waals surface area (Å²) in [7, 11) is 2.09. The Hall–Kier alpha value is 0.300. The fourth-order valence-corrected chi connectivity index (χ4v) is 2.27. The van der Waals surface area contributed by atoms with Gasteiger partial charge in [0.25, 0.3) is 0 Å². The summed E-state index contributed by atoms with van der Waals surface area (Å²) < 4.78 is 17.9. The number of thiol groups is 2. The first kappa shape index (κ1) is 19.3. The van der Waals surface area contributed by atoms with E-state index in [0.29, 0.717) is 5.57 Å². The summed E-state index contributed by atoms with van der Waals surface area (Å²) in [5, 5.41) is 2.58. The second-order valence-corrected chi connectivity index (χ2v) is 6.57. The number of hydrogen-bond acceptors (Lipinski definition) is 4. The van der Waals surface area contributed by atoms with Crippen LogP contribution in [0.3, 0.4) is 0 Å². The molecule has 112 valence electrons. The molecule has 0 bridgehead atoms. The number of dihydropyridines is 1. The van der Waals surface area contributed by atoms with Gasteiger partial charge < -0.3 is 9.84 Å². The molecule has 1 aliphatic heterocycles. The highest BCUT2D eigenvalue weighted by atomic mass is 32.2. The van der Waals surface area contributed by atoms with E-state index in [2.05, 4.69) is 60.8 Å². The lowest BCUT2D eigenvalue weighted by atomic mass is 10.0. The summed E-state index contributed by atoms with van der Waals surface area (Å²) in [5.74, 6) is -0.420. The van der Waals surface area contributed by atoms with Crippen molar-refractivity contribution < 1.29 is 8.91 Å². The number of halogens is 1. The van der Waals surface area contributed by atoms with E-state index >= 15 is 0 Å². The molecule has 0 aromatic heterocycles.